The molecule has 1 aromatic carbocycles. The molecule has 1 aliphatic rings. The van der Waals surface area contributed by atoms with E-state index in [4.69, 9.17) is 4.74 Å². The number of ether oxygens (including phenoxy) is 1. The zero-order valence-corrected chi connectivity index (χ0v) is 12.9. The standard InChI is InChI=1S/C16H25N3O2/c1-17-11-14-7-5-9-19(14)12-16(20)18-10-13-6-3-4-8-15(13)21-2/h3-4,6,8,14,17H,5,7,9-12H2,1-2H3,(H,18,20). The molecule has 5 heteroatoms. The summed E-state index contributed by atoms with van der Waals surface area (Å²) >= 11 is 0. The van der Waals surface area contributed by atoms with Gasteiger partial charge in [0.05, 0.1) is 13.7 Å². The second-order valence-electron chi connectivity index (χ2n) is 5.41. The third-order valence-corrected chi connectivity index (χ3v) is 3.95. The van der Waals surface area contributed by atoms with Crippen LogP contribution in [0.15, 0.2) is 24.3 Å². The molecule has 1 atom stereocenters. The summed E-state index contributed by atoms with van der Waals surface area (Å²) in [5.41, 5.74) is 1.00. The molecule has 1 fully saturated rings. The highest BCUT2D eigenvalue weighted by molar-refractivity contribution is 5.78. The molecule has 0 spiro atoms. The van der Waals surface area contributed by atoms with Crippen molar-refractivity contribution in [3.63, 3.8) is 0 Å². The van der Waals surface area contributed by atoms with Crippen molar-refractivity contribution >= 4 is 5.91 Å². The van der Waals surface area contributed by atoms with Crippen LogP contribution in [0.4, 0.5) is 0 Å². The van der Waals surface area contributed by atoms with Gasteiger partial charge in [0.1, 0.15) is 5.75 Å². The maximum atomic E-state index is 12.1. The lowest BCUT2D eigenvalue weighted by Crippen LogP contribution is -2.43. The molecule has 1 heterocycles. The Bertz CT molecular complexity index is 465. The van der Waals surface area contributed by atoms with Crippen LogP contribution in [-0.4, -0.2) is 50.6 Å². The summed E-state index contributed by atoms with van der Waals surface area (Å²) in [6, 6.07) is 8.24. The molecular weight excluding hydrogens is 266 g/mol. The quantitative estimate of drug-likeness (QED) is 0.787. The van der Waals surface area contributed by atoms with Gasteiger partial charge < -0.3 is 15.4 Å². The van der Waals surface area contributed by atoms with Crippen molar-refractivity contribution in [2.45, 2.75) is 25.4 Å². The fraction of sp³-hybridized carbons (Fsp3) is 0.562. The Labute approximate surface area is 126 Å². The van der Waals surface area contributed by atoms with E-state index in [2.05, 4.69) is 15.5 Å². The van der Waals surface area contributed by atoms with Crippen LogP contribution in [0.1, 0.15) is 18.4 Å². The predicted octanol–water partition coefficient (Wildman–Crippen LogP) is 0.995. The first kappa shape index (κ1) is 15.8. The molecule has 0 aromatic heterocycles. The highest BCUT2D eigenvalue weighted by Gasteiger charge is 2.25. The van der Waals surface area contributed by atoms with Gasteiger partial charge in [-0.1, -0.05) is 18.2 Å². The highest BCUT2D eigenvalue weighted by atomic mass is 16.5. The lowest BCUT2D eigenvalue weighted by atomic mass is 10.2. The number of hydrogen-bond acceptors (Lipinski definition) is 4. The second-order valence-corrected chi connectivity index (χ2v) is 5.41. The molecule has 2 rings (SSSR count). The van der Waals surface area contributed by atoms with Crippen molar-refractivity contribution in [2.75, 3.05) is 33.8 Å². The highest BCUT2D eigenvalue weighted by Crippen LogP contribution is 2.17. The van der Waals surface area contributed by atoms with Crippen LogP contribution >= 0.6 is 0 Å². The number of methoxy groups -OCH3 is 1. The van der Waals surface area contributed by atoms with Crippen LogP contribution < -0.4 is 15.4 Å². The summed E-state index contributed by atoms with van der Waals surface area (Å²) in [6.45, 7) is 2.93. The summed E-state index contributed by atoms with van der Waals surface area (Å²) in [7, 11) is 3.60. The second kappa shape index (κ2) is 8.00. The van der Waals surface area contributed by atoms with Crippen molar-refractivity contribution in [1.82, 2.24) is 15.5 Å². The number of carbonyl (C=O) groups excluding carboxylic acids is 1. The minimum absolute atomic E-state index is 0.0731. The predicted molar refractivity (Wildman–Crippen MR) is 83.4 cm³/mol. The van der Waals surface area contributed by atoms with E-state index in [1.54, 1.807) is 7.11 Å². The van der Waals surface area contributed by atoms with Crippen molar-refractivity contribution in [3.8, 4) is 5.75 Å². The van der Waals surface area contributed by atoms with E-state index in [0.717, 1.165) is 24.4 Å². The number of carbonyl (C=O) groups is 1. The van der Waals surface area contributed by atoms with E-state index in [9.17, 15) is 4.79 Å². The Kier molecular flexibility index (Phi) is 6.02. The van der Waals surface area contributed by atoms with Gasteiger partial charge in [-0.25, -0.2) is 0 Å². The Hall–Kier alpha value is -1.59. The molecule has 5 nitrogen and oxygen atoms in total. The average Bonchev–Trinajstić information content (AvgIpc) is 2.93. The number of amides is 1. The third-order valence-electron chi connectivity index (χ3n) is 3.95. The van der Waals surface area contributed by atoms with Gasteiger partial charge in [0.2, 0.25) is 5.91 Å². The molecule has 1 aromatic rings. The third kappa shape index (κ3) is 4.44. The molecule has 0 saturated carbocycles. The van der Waals surface area contributed by atoms with Gasteiger partial charge in [0.15, 0.2) is 0 Å². The summed E-state index contributed by atoms with van der Waals surface area (Å²) in [5, 5.41) is 6.18. The number of likely N-dealkylation sites (N-methyl/N-ethyl adjacent to an activating group) is 1. The zero-order chi connectivity index (χ0) is 15.1. The first-order valence-electron chi connectivity index (χ1n) is 7.52. The van der Waals surface area contributed by atoms with E-state index >= 15 is 0 Å². The van der Waals surface area contributed by atoms with Crippen LogP contribution in [-0.2, 0) is 11.3 Å². The monoisotopic (exact) mass is 291 g/mol. The minimum atomic E-state index is 0.0731. The Morgan fingerprint density at radius 1 is 1.43 bits per heavy atom. The Morgan fingerprint density at radius 2 is 2.24 bits per heavy atom. The number of benzene rings is 1. The van der Waals surface area contributed by atoms with Gasteiger partial charge in [-0.15, -0.1) is 0 Å². The van der Waals surface area contributed by atoms with E-state index in [0.29, 0.717) is 19.1 Å². The molecule has 0 bridgehead atoms. The van der Waals surface area contributed by atoms with Crippen LogP contribution in [0, 0.1) is 0 Å². The van der Waals surface area contributed by atoms with Crippen LogP contribution in [0.5, 0.6) is 5.75 Å². The lowest BCUT2D eigenvalue weighted by Gasteiger charge is -2.23. The molecule has 1 aliphatic heterocycles. The molecule has 0 radical (unpaired) electrons. The number of likely N-dealkylation sites (tertiary alicyclic amines) is 1. The van der Waals surface area contributed by atoms with Crippen LogP contribution in [0.2, 0.25) is 0 Å². The normalized spacial score (nSPS) is 18.7. The van der Waals surface area contributed by atoms with E-state index in [-0.39, 0.29) is 5.91 Å². The Morgan fingerprint density at radius 3 is 3.00 bits per heavy atom. The number of rotatable bonds is 7. The lowest BCUT2D eigenvalue weighted by molar-refractivity contribution is -0.122. The molecule has 1 saturated heterocycles. The summed E-state index contributed by atoms with van der Waals surface area (Å²) in [6.07, 6.45) is 2.34. The Balaban J connectivity index is 1.82. The molecule has 0 aliphatic carbocycles. The number of hydrogen-bond donors (Lipinski definition) is 2. The number of para-hydroxylation sites is 1. The van der Waals surface area contributed by atoms with E-state index in [1.165, 1.54) is 12.8 Å². The summed E-state index contributed by atoms with van der Waals surface area (Å²) in [5.74, 6) is 0.885. The first-order chi connectivity index (χ1) is 10.2. The van der Waals surface area contributed by atoms with Gasteiger partial charge in [-0.2, -0.15) is 0 Å². The maximum Gasteiger partial charge on any atom is 0.234 e. The number of nitrogens with one attached hydrogen (secondary N) is 2. The van der Waals surface area contributed by atoms with Crippen molar-refractivity contribution in [3.05, 3.63) is 29.8 Å². The SMILES string of the molecule is CNCC1CCCN1CC(=O)NCc1ccccc1OC. The largest absolute Gasteiger partial charge is 0.496 e. The van der Waals surface area contributed by atoms with Crippen molar-refractivity contribution in [2.24, 2.45) is 0 Å². The molecule has 1 unspecified atom stereocenters. The van der Waals surface area contributed by atoms with E-state index < -0.39 is 0 Å². The summed E-state index contributed by atoms with van der Waals surface area (Å²) < 4.78 is 5.29. The van der Waals surface area contributed by atoms with Crippen LogP contribution in [0.25, 0.3) is 0 Å². The fourth-order valence-corrected chi connectivity index (χ4v) is 2.85. The van der Waals surface area contributed by atoms with Crippen LogP contribution in [0.3, 0.4) is 0 Å². The number of nitrogens with zero attached hydrogens (tertiary/aromatic N) is 1. The molecule has 1 amide bonds. The zero-order valence-electron chi connectivity index (χ0n) is 12.9. The molecule has 21 heavy (non-hydrogen) atoms. The van der Waals surface area contributed by atoms with Gasteiger partial charge in [-0.05, 0) is 32.5 Å². The van der Waals surface area contributed by atoms with Crippen molar-refractivity contribution < 1.29 is 9.53 Å². The molecular formula is C16H25N3O2. The van der Waals surface area contributed by atoms with Gasteiger partial charge >= 0.3 is 0 Å². The first-order valence-corrected chi connectivity index (χ1v) is 7.52. The van der Waals surface area contributed by atoms with Crippen molar-refractivity contribution in [1.29, 1.82) is 0 Å². The van der Waals surface area contributed by atoms with E-state index in [1.807, 2.05) is 31.3 Å². The minimum Gasteiger partial charge on any atom is -0.496 e. The smallest absolute Gasteiger partial charge is 0.234 e. The van der Waals surface area contributed by atoms with Gasteiger partial charge in [-0.3, -0.25) is 9.69 Å². The van der Waals surface area contributed by atoms with Gasteiger partial charge in [0, 0.05) is 24.7 Å². The topological polar surface area (TPSA) is 53.6 Å². The molecule has 116 valence electrons. The maximum absolute atomic E-state index is 12.1. The summed E-state index contributed by atoms with van der Waals surface area (Å²) in [4.78, 5) is 14.4. The average molecular weight is 291 g/mol. The fourth-order valence-electron chi connectivity index (χ4n) is 2.85. The van der Waals surface area contributed by atoms with Gasteiger partial charge in [0.25, 0.3) is 0 Å². The molecule has 2 N–H and O–H groups in total.